The molecule has 0 aliphatic rings. The highest BCUT2D eigenvalue weighted by atomic mass is 32.1. The van der Waals surface area contributed by atoms with E-state index in [4.69, 9.17) is 4.74 Å². The molecule has 28 heavy (non-hydrogen) atoms. The van der Waals surface area contributed by atoms with Gasteiger partial charge < -0.3 is 14.6 Å². The number of rotatable bonds is 5. The SMILES string of the molecule is CCC(Oc1cccc2ccccc12)C(=O)Nc1ccc2c(c1)sc(=O)n2C. The van der Waals surface area contributed by atoms with Crippen molar-refractivity contribution in [2.75, 3.05) is 5.32 Å². The van der Waals surface area contributed by atoms with Gasteiger partial charge in [0.15, 0.2) is 6.10 Å². The molecule has 0 fully saturated rings. The number of carbonyl (C=O) groups excluding carboxylic acids is 1. The van der Waals surface area contributed by atoms with Crippen LogP contribution in [0.5, 0.6) is 5.75 Å². The lowest BCUT2D eigenvalue weighted by molar-refractivity contribution is -0.122. The molecule has 0 saturated heterocycles. The number of carbonyl (C=O) groups is 1. The molecule has 4 aromatic rings. The minimum Gasteiger partial charge on any atom is -0.480 e. The van der Waals surface area contributed by atoms with Gasteiger partial charge in [0.1, 0.15) is 5.75 Å². The van der Waals surface area contributed by atoms with E-state index < -0.39 is 6.10 Å². The lowest BCUT2D eigenvalue weighted by Gasteiger charge is -2.18. The summed E-state index contributed by atoms with van der Waals surface area (Å²) in [4.78, 5) is 24.6. The highest BCUT2D eigenvalue weighted by Crippen LogP contribution is 2.27. The van der Waals surface area contributed by atoms with E-state index in [0.717, 1.165) is 32.3 Å². The van der Waals surface area contributed by atoms with Gasteiger partial charge in [-0.1, -0.05) is 54.7 Å². The number of aryl methyl sites for hydroxylation is 1. The number of hydrogen-bond donors (Lipinski definition) is 1. The maximum absolute atomic E-state index is 12.8. The van der Waals surface area contributed by atoms with Gasteiger partial charge >= 0.3 is 4.87 Å². The number of thiazole rings is 1. The first-order valence-electron chi connectivity index (χ1n) is 9.11. The van der Waals surface area contributed by atoms with Crippen molar-refractivity contribution >= 4 is 43.9 Å². The summed E-state index contributed by atoms with van der Waals surface area (Å²) in [5, 5.41) is 4.96. The van der Waals surface area contributed by atoms with Crippen LogP contribution in [0.2, 0.25) is 0 Å². The predicted octanol–water partition coefficient (Wildman–Crippen LogP) is 4.55. The quantitative estimate of drug-likeness (QED) is 0.542. The predicted molar refractivity (Wildman–Crippen MR) is 114 cm³/mol. The number of anilines is 1. The van der Waals surface area contributed by atoms with Crippen molar-refractivity contribution in [3.8, 4) is 5.75 Å². The van der Waals surface area contributed by atoms with Gasteiger partial charge in [-0.2, -0.15) is 0 Å². The molecule has 0 spiro atoms. The molecule has 4 rings (SSSR count). The first-order chi connectivity index (χ1) is 13.6. The summed E-state index contributed by atoms with van der Waals surface area (Å²) in [6, 6.07) is 19.2. The molecule has 0 aliphatic carbocycles. The fraction of sp³-hybridized carbons (Fsp3) is 0.182. The number of hydrogen-bond acceptors (Lipinski definition) is 4. The van der Waals surface area contributed by atoms with Crippen LogP contribution in [-0.4, -0.2) is 16.6 Å². The molecule has 1 heterocycles. The molecule has 0 aliphatic heterocycles. The van der Waals surface area contributed by atoms with E-state index >= 15 is 0 Å². The topological polar surface area (TPSA) is 60.3 Å². The molecular weight excluding hydrogens is 372 g/mol. The molecule has 1 unspecified atom stereocenters. The van der Waals surface area contributed by atoms with Gasteiger partial charge in [0, 0.05) is 18.1 Å². The highest BCUT2D eigenvalue weighted by Gasteiger charge is 2.20. The second-order valence-electron chi connectivity index (χ2n) is 6.59. The molecule has 5 nitrogen and oxygen atoms in total. The number of benzene rings is 3. The Morgan fingerprint density at radius 1 is 1.14 bits per heavy atom. The van der Waals surface area contributed by atoms with Crippen molar-refractivity contribution in [1.29, 1.82) is 0 Å². The number of nitrogens with one attached hydrogen (secondary N) is 1. The van der Waals surface area contributed by atoms with Crippen LogP contribution in [0.15, 0.2) is 65.5 Å². The third kappa shape index (κ3) is 3.39. The Kier molecular flexibility index (Phi) is 4.88. The number of aromatic nitrogens is 1. The zero-order chi connectivity index (χ0) is 19.7. The van der Waals surface area contributed by atoms with Crippen molar-refractivity contribution in [2.45, 2.75) is 19.4 Å². The minimum atomic E-state index is -0.615. The van der Waals surface area contributed by atoms with Crippen molar-refractivity contribution < 1.29 is 9.53 Å². The molecule has 0 bridgehead atoms. The van der Waals surface area contributed by atoms with Gasteiger partial charge in [-0.3, -0.25) is 9.59 Å². The monoisotopic (exact) mass is 392 g/mol. The molecule has 0 radical (unpaired) electrons. The molecule has 1 N–H and O–H groups in total. The van der Waals surface area contributed by atoms with E-state index in [-0.39, 0.29) is 10.8 Å². The normalized spacial score (nSPS) is 12.2. The summed E-state index contributed by atoms with van der Waals surface area (Å²) in [5.41, 5.74) is 1.51. The van der Waals surface area contributed by atoms with Gasteiger partial charge in [-0.05, 0) is 36.1 Å². The van der Waals surface area contributed by atoms with E-state index in [0.29, 0.717) is 17.9 Å². The average molecular weight is 392 g/mol. The van der Waals surface area contributed by atoms with Crippen LogP contribution in [0.1, 0.15) is 13.3 Å². The van der Waals surface area contributed by atoms with Gasteiger partial charge in [-0.15, -0.1) is 0 Å². The van der Waals surface area contributed by atoms with Crippen molar-refractivity contribution in [3.63, 3.8) is 0 Å². The van der Waals surface area contributed by atoms with E-state index in [1.807, 2.05) is 61.5 Å². The summed E-state index contributed by atoms with van der Waals surface area (Å²) >= 11 is 1.16. The molecule has 1 aromatic heterocycles. The van der Waals surface area contributed by atoms with Crippen LogP contribution < -0.4 is 14.9 Å². The summed E-state index contributed by atoms with van der Waals surface area (Å²) < 4.78 is 8.50. The largest absolute Gasteiger partial charge is 0.480 e. The third-order valence-electron chi connectivity index (χ3n) is 4.74. The maximum Gasteiger partial charge on any atom is 0.307 e. The molecule has 0 saturated carbocycles. The molecule has 3 aromatic carbocycles. The van der Waals surface area contributed by atoms with Crippen LogP contribution in [-0.2, 0) is 11.8 Å². The van der Waals surface area contributed by atoms with Crippen LogP contribution in [0.3, 0.4) is 0 Å². The molecule has 6 heteroatoms. The van der Waals surface area contributed by atoms with Crippen LogP contribution in [0.4, 0.5) is 5.69 Å². The van der Waals surface area contributed by atoms with E-state index in [9.17, 15) is 9.59 Å². The summed E-state index contributed by atoms with van der Waals surface area (Å²) in [7, 11) is 1.74. The van der Waals surface area contributed by atoms with Crippen LogP contribution in [0, 0.1) is 0 Å². The standard InChI is InChI=1S/C22H20N2O3S/c1-3-18(27-19-10-6-8-14-7-4-5-9-16(14)19)21(25)23-15-11-12-17-20(13-15)28-22(26)24(17)2/h4-13,18H,3H2,1-2H3,(H,23,25). The van der Waals surface area contributed by atoms with Gasteiger partial charge in [0.2, 0.25) is 0 Å². The first kappa shape index (κ1) is 18.3. The third-order valence-corrected chi connectivity index (χ3v) is 5.74. The smallest absolute Gasteiger partial charge is 0.307 e. The van der Waals surface area contributed by atoms with Gasteiger partial charge in [0.05, 0.1) is 10.2 Å². The second kappa shape index (κ2) is 7.48. The zero-order valence-corrected chi connectivity index (χ0v) is 16.5. The summed E-state index contributed by atoms with van der Waals surface area (Å²) in [6.07, 6.45) is -0.0771. The van der Waals surface area contributed by atoms with Crippen LogP contribution >= 0.6 is 11.3 Å². The number of fused-ring (bicyclic) bond motifs is 2. The van der Waals surface area contributed by atoms with Gasteiger partial charge in [0.25, 0.3) is 5.91 Å². The molecular formula is C22H20N2O3S. The van der Waals surface area contributed by atoms with Crippen molar-refractivity contribution in [1.82, 2.24) is 4.57 Å². The lowest BCUT2D eigenvalue weighted by Crippen LogP contribution is -2.32. The highest BCUT2D eigenvalue weighted by molar-refractivity contribution is 7.16. The summed E-state index contributed by atoms with van der Waals surface area (Å²) in [6.45, 7) is 1.92. The van der Waals surface area contributed by atoms with Gasteiger partial charge in [-0.25, -0.2) is 0 Å². The maximum atomic E-state index is 12.8. The fourth-order valence-corrected chi connectivity index (χ4v) is 4.13. The molecule has 142 valence electrons. The minimum absolute atomic E-state index is 0.0239. The Hall–Kier alpha value is -3.12. The summed E-state index contributed by atoms with van der Waals surface area (Å²) in [5.74, 6) is 0.481. The van der Waals surface area contributed by atoms with Crippen molar-refractivity contribution in [3.05, 3.63) is 70.3 Å². The number of amides is 1. The lowest BCUT2D eigenvalue weighted by atomic mass is 10.1. The Morgan fingerprint density at radius 3 is 2.75 bits per heavy atom. The molecule has 1 amide bonds. The first-order valence-corrected chi connectivity index (χ1v) is 9.93. The Balaban J connectivity index is 1.56. The number of ether oxygens (including phenoxy) is 1. The van der Waals surface area contributed by atoms with E-state index in [2.05, 4.69) is 5.32 Å². The van der Waals surface area contributed by atoms with Crippen LogP contribution in [0.25, 0.3) is 21.0 Å². The Morgan fingerprint density at radius 2 is 1.93 bits per heavy atom. The van der Waals surface area contributed by atoms with Crippen molar-refractivity contribution in [2.24, 2.45) is 7.05 Å². The Labute approximate surface area is 166 Å². The fourth-order valence-electron chi connectivity index (χ4n) is 3.21. The van der Waals surface area contributed by atoms with E-state index in [1.54, 1.807) is 17.7 Å². The number of nitrogens with zero attached hydrogens (tertiary/aromatic N) is 1. The zero-order valence-electron chi connectivity index (χ0n) is 15.6. The average Bonchev–Trinajstić information content (AvgIpc) is 2.99. The Bertz CT molecular complexity index is 1220. The van der Waals surface area contributed by atoms with E-state index in [1.165, 1.54) is 0 Å². The second-order valence-corrected chi connectivity index (χ2v) is 7.58. The molecule has 1 atom stereocenters.